The fourth-order valence-electron chi connectivity index (χ4n) is 5.20. The Labute approximate surface area is 200 Å². The normalized spacial score (nSPS) is 26.5. The maximum absolute atomic E-state index is 13.5. The number of carbonyl (C=O) groups is 1. The SMILES string of the molecule is COC[C@@]1(O)C2CC[C@@H]1C[C@@H](S(=O)(=O)c1cc(C(=O)Nc3cc(F)c(F)c(F)c3)ccc1Cl)C2. The number of ether oxygens (including phenoxy) is 1. The molecule has 0 aromatic heterocycles. The van der Waals surface area contributed by atoms with E-state index in [1.165, 1.54) is 19.2 Å². The van der Waals surface area contributed by atoms with Crippen LogP contribution in [0.5, 0.6) is 0 Å². The maximum atomic E-state index is 13.5. The van der Waals surface area contributed by atoms with Crippen LogP contribution in [0.25, 0.3) is 0 Å². The van der Waals surface area contributed by atoms with Gasteiger partial charge in [-0.15, -0.1) is 0 Å². The van der Waals surface area contributed by atoms with Gasteiger partial charge in [0, 0.05) is 30.5 Å². The van der Waals surface area contributed by atoms with E-state index in [9.17, 15) is 31.5 Å². The van der Waals surface area contributed by atoms with E-state index in [0.29, 0.717) is 25.0 Å². The lowest BCUT2D eigenvalue weighted by Gasteiger charge is -2.42. The molecular weight excluding hydrogens is 495 g/mol. The van der Waals surface area contributed by atoms with Crippen LogP contribution in [0.3, 0.4) is 0 Å². The standard InChI is InChI=1S/C23H23ClF3NO5S/c1-33-11-23(30)13-3-4-14(23)8-16(7-13)34(31,32)20-6-12(2-5-17(20)24)22(29)28-15-9-18(25)21(27)19(26)10-15/h2,5-6,9-10,13-14,16,30H,3-4,7-8,11H2,1H3,(H,28,29)/t13-,14?,16-,23+/m1/s1. The van der Waals surface area contributed by atoms with E-state index in [-0.39, 0.29) is 52.5 Å². The Morgan fingerprint density at radius 3 is 2.29 bits per heavy atom. The number of sulfone groups is 1. The number of halogens is 4. The quantitative estimate of drug-likeness (QED) is 0.556. The second-order valence-corrected chi connectivity index (χ2v) is 11.5. The molecule has 2 fully saturated rings. The monoisotopic (exact) mass is 517 g/mol. The summed E-state index contributed by atoms with van der Waals surface area (Å²) in [4.78, 5) is 12.4. The maximum Gasteiger partial charge on any atom is 0.255 e. The first-order valence-corrected chi connectivity index (χ1v) is 12.6. The van der Waals surface area contributed by atoms with Crippen molar-refractivity contribution in [3.8, 4) is 0 Å². The summed E-state index contributed by atoms with van der Waals surface area (Å²) in [5.74, 6) is -5.95. The van der Waals surface area contributed by atoms with Gasteiger partial charge in [-0.25, -0.2) is 21.6 Å². The first-order chi connectivity index (χ1) is 16.0. The molecule has 2 aromatic rings. The van der Waals surface area contributed by atoms with E-state index in [2.05, 4.69) is 5.32 Å². The van der Waals surface area contributed by atoms with Crippen LogP contribution in [0.2, 0.25) is 5.02 Å². The molecule has 0 spiro atoms. The lowest BCUT2D eigenvalue weighted by molar-refractivity contribution is -0.104. The Hall–Kier alpha value is -2.14. The molecule has 2 saturated carbocycles. The molecular formula is C23H23ClF3NO5S. The molecule has 184 valence electrons. The van der Waals surface area contributed by atoms with Crippen molar-refractivity contribution in [1.82, 2.24) is 0 Å². The fraction of sp³-hybridized carbons (Fsp3) is 0.435. The van der Waals surface area contributed by atoms with E-state index in [1.807, 2.05) is 0 Å². The Balaban J connectivity index is 1.59. The molecule has 2 aliphatic rings. The summed E-state index contributed by atoms with van der Waals surface area (Å²) in [6, 6.07) is 4.87. The second-order valence-electron chi connectivity index (χ2n) is 8.89. The largest absolute Gasteiger partial charge is 0.387 e. The van der Waals surface area contributed by atoms with Crippen LogP contribution in [0.1, 0.15) is 36.0 Å². The number of methoxy groups -OCH3 is 1. The van der Waals surface area contributed by atoms with E-state index < -0.39 is 44.0 Å². The minimum absolute atomic E-state index is 0.0690. The van der Waals surface area contributed by atoms with Gasteiger partial charge >= 0.3 is 0 Å². The Morgan fingerprint density at radius 1 is 1.15 bits per heavy atom. The lowest BCUT2D eigenvalue weighted by Crippen LogP contribution is -2.51. The van der Waals surface area contributed by atoms with Crippen molar-refractivity contribution in [3.05, 3.63) is 58.4 Å². The molecule has 2 aromatic carbocycles. The molecule has 0 aliphatic heterocycles. The van der Waals surface area contributed by atoms with E-state index in [0.717, 1.165) is 6.07 Å². The zero-order valence-electron chi connectivity index (χ0n) is 18.2. The summed E-state index contributed by atoms with van der Waals surface area (Å²) >= 11 is 6.20. The van der Waals surface area contributed by atoms with Gasteiger partial charge in [0.05, 0.1) is 27.4 Å². The summed E-state index contributed by atoms with van der Waals surface area (Å²) in [6.45, 7) is 0.135. The molecule has 0 saturated heterocycles. The number of rotatable bonds is 6. The fourth-order valence-corrected chi connectivity index (χ4v) is 7.61. The highest BCUT2D eigenvalue weighted by atomic mass is 35.5. The first-order valence-electron chi connectivity index (χ1n) is 10.7. The highest BCUT2D eigenvalue weighted by molar-refractivity contribution is 7.92. The van der Waals surface area contributed by atoms with Crippen molar-refractivity contribution in [2.24, 2.45) is 11.8 Å². The van der Waals surface area contributed by atoms with Crippen LogP contribution in [0, 0.1) is 29.3 Å². The molecule has 34 heavy (non-hydrogen) atoms. The first kappa shape index (κ1) is 25.0. The van der Waals surface area contributed by atoms with Gasteiger partial charge < -0.3 is 15.2 Å². The van der Waals surface area contributed by atoms with Gasteiger partial charge in [-0.2, -0.15) is 0 Å². The summed E-state index contributed by atoms with van der Waals surface area (Å²) in [7, 11) is -2.47. The second kappa shape index (κ2) is 9.14. The van der Waals surface area contributed by atoms with E-state index in [4.69, 9.17) is 16.3 Å². The Kier molecular flexibility index (Phi) is 6.71. The van der Waals surface area contributed by atoms with Crippen molar-refractivity contribution < 1.29 is 36.2 Å². The van der Waals surface area contributed by atoms with Gasteiger partial charge in [-0.1, -0.05) is 11.6 Å². The molecule has 2 bridgehead atoms. The third-order valence-corrected chi connectivity index (χ3v) is 9.58. The summed E-state index contributed by atoms with van der Waals surface area (Å²) in [6.07, 6.45) is 1.86. The van der Waals surface area contributed by atoms with Gasteiger partial charge in [0.15, 0.2) is 27.3 Å². The molecule has 0 heterocycles. The number of nitrogens with one attached hydrogen (secondary N) is 1. The topological polar surface area (TPSA) is 92.7 Å². The van der Waals surface area contributed by atoms with Crippen molar-refractivity contribution in [2.45, 2.75) is 41.4 Å². The number of aliphatic hydroxyl groups is 1. The molecule has 11 heteroatoms. The molecule has 1 amide bonds. The molecule has 2 aliphatic carbocycles. The zero-order chi connectivity index (χ0) is 24.8. The number of amides is 1. The zero-order valence-corrected chi connectivity index (χ0v) is 19.7. The van der Waals surface area contributed by atoms with Crippen LogP contribution < -0.4 is 5.32 Å². The van der Waals surface area contributed by atoms with Gasteiger partial charge in [0.1, 0.15) is 0 Å². The molecule has 6 nitrogen and oxygen atoms in total. The molecule has 4 atom stereocenters. The Morgan fingerprint density at radius 2 is 1.74 bits per heavy atom. The predicted octanol–water partition coefficient (Wildman–Crippen LogP) is 4.35. The van der Waals surface area contributed by atoms with Crippen LogP contribution in [-0.2, 0) is 14.6 Å². The number of carbonyl (C=O) groups excluding carboxylic acids is 1. The summed E-state index contributed by atoms with van der Waals surface area (Å²) < 4.78 is 72.2. The van der Waals surface area contributed by atoms with Gasteiger partial charge in [0.2, 0.25) is 0 Å². The van der Waals surface area contributed by atoms with Crippen molar-refractivity contribution >= 4 is 33.0 Å². The number of hydrogen-bond donors (Lipinski definition) is 2. The predicted molar refractivity (Wildman–Crippen MR) is 119 cm³/mol. The Bertz CT molecular complexity index is 1200. The third kappa shape index (κ3) is 4.32. The minimum atomic E-state index is -3.97. The number of hydrogen-bond acceptors (Lipinski definition) is 5. The number of fused-ring (bicyclic) bond motifs is 2. The smallest absolute Gasteiger partial charge is 0.255 e. The summed E-state index contributed by atoms with van der Waals surface area (Å²) in [5, 5.41) is 12.4. The van der Waals surface area contributed by atoms with Crippen LogP contribution in [0.4, 0.5) is 18.9 Å². The van der Waals surface area contributed by atoms with Gasteiger partial charge in [-0.3, -0.25) is 4.79 Å². The van der Waals surface area contributed by atoms with Crippen LogP contribution >= 0.6 is 11.6 Å². The third-order valence-electron chi connectivity index (χ3n) is 6.93. The highest BCUT2D eigenvalue weighted by Gasteiger charge is 2.55. The number of anilines is 1. The van der Waals surface area contributed by atoms with Crippen LogP contribution in [-0.4, -0.2) is 44.0 Å². The average molecular weight is 518 g/mol. The number of benzene rings is 2. The molecule has 0 radical (unpaired) electrons. The minimum Gasteiger partial charge on any atom is -0.387 e. The molecule has 2 N–H and O–H groups in total. The average Bonchev–Trinajstić information content (AvgIpc) is 2.93. The van der Waals surface area contributed by atoms with E-state index >= 15 is 0 Å². The van der Waals surface area contributed by atoms with Crippen molar-refractivity contribution in [2.75, 3.05) is 19.0 Å². The lowest BCUT2D eigenvalue weighted by atomic mass is 9.75. The molecule has 1 unspecified atom stereocenters. The van der Waals surface area contributed by atoms with Crippen molar-refractivity contribution in [3.63, 3.8) is 0 Å². The van der Waals surface area contributed by atoms with E-state index in [1.54, 1.807) is 0 Å². The van der Waals surface area contributed by atoms with Gasteiger partial charge in [-0.05, 0) is 55.7 Å². The highest BCUT2D eigenvalue weighted by Crippen LogP contribution is 2.52. The van der Waals surface area contributed by atoms with Crippen molar-refractivity contribution in [1.29, 1.82) is 0 Å². The van der Waals surface area contributed by atoms with Crippen LogP contribution in [0.15, 0.2) is 35.2 Å². The molecule has 4 rings (SSSR count). The van der Waals surface area contributed by atoms with Gasteiger partial charge in [0.25, 0.3) is 5.91 Å². The summed E-state index contributed by atoms with van der Waals surface area (Å²) in [5.41, 5.74) is -1.50.